The largest absolute Gasteiger partial charge is 0.399 e. The molecule has 2 aromatic heterocycles. The molecule has 3 rings (SSSR count). The van der Waals surface area contributed by atoms with E-state index in [0.717, 1.165) is 30.4 Å². The van der Waals surface area contributed by atoms with E-state index in [4.69, 9.17) is 5.73 Å². The molecule has 0 saturated heterocycles. The van der Waals surface area contributed by atoms with Crippen LogP contribution in [-0.4, -0.2) is 19.1 Å². The van der Waals surface area contributed by atoms with Crippen LogP contribution in [0.25, 0.3) is 11.0 Å². The highest BCUT2D eigenvalue weighted by Gasteiger charge is 2.06. The number of H-pyrrole nitrogens is 1. The first-order chi connectivity index (χ1) is 9.74. The van der Waals surface area contributed by atoms with Crippen molar-refractivity contribution >= 4 is 16.7 Å². The van der Waals surface area contributed by atoms with Gasteiger partial charge in [0, 0.05) is 31.2 Å². The fraction of sp³-hybridized carbons (Fsp3) is 0.286. The monoisotopic (exact) mass is 271 g/mol. The molecule has 0 spiro atoms. The Labute approximate surface area is 115 Å². The summed E-state index contributed by atoms with van der Waals surface area (Å²) < 4.78 is 3.81. The van der Waals surface area contributed by atoms with Crippen LogP contribution in [0.1, 0.15) is 12.8 Å². The van der Waals surface area contributed by atoms with Gasteiger partial charge in [0.2, 0.25) is 0 Å². The van der Waals surface area contributed by atoms with Crippen LogP contribution in [0.2, 0.25) is 0 Å². The lowest BCUT2D eigenvalue weighted by Gasteiger charge is -2.04. The predicted molar refractivity (Wildman–Crippen MR) is 78.4 cm³/mol. The van der Waals surface area contributed by atoms with E-state index in [0.29, 0.717) is 12.2 Å². The number of anilines is 1. The van der Waals surface area contributed by atoms with Gasteiger partial charge < -0.3 is 15.3 Å². The highest BCUT2D eigenvalue weighted by molar-refractivity contribution is 5.78. The van der Waals surface area contributed by atoms with Crippen molar-refractivity contribution in [2.24, 2.45) is 0 Å². The fourth-order valence-corrected chi connectivity index (χ4v) is 2.39. The van der Waals surface area contributed by atoms with Gasteiger partial charge in [-0.2, -0.15) is 0 Å². The van der Waals surface area contributed by atoms with Crippen LogP contribution in [0.5, 0.6) is 0 Å². The van der Waals surface area contributed by atoms with E-state index in [9.17, 15) is 4.79 Å². The van der Waals surface area contributed by atoms with Crippen LogP contribution in [0.15, 0.2) is 41.7 Å². The van der Waals surface area contributed by atoms with E-state index in [1.54, 1.807) is 23.2 Å². The second-order valence-corrected chi connectivity index (χ2v) is 4.87. The predicted octanol–water partition coefficient (Wildman–Crippen LogP) is 1.59. The first-order valence-corrected chi connectivity index (χ1v) is 6.68. The van der Waals surface area contributed by atoms with Gasteiger partial charge in [0.05, 0.1) is 17.4 Å². The zero-order valence-corrected chi connectivity index (χ0v) is 11.1. The Balaban J connectivity index is 1.68. The third-order valence-electron chi connectivity index (χ3n) is 3.41. The molecule has 6 nitrogen and oxygen atoms in total. The van der Waals surface area contributed by atoms with Crippen LogP contribution in [-0.2, 0) is 13.1 Å². The first-order valence-electron chi connectivity index (χ1n) is 6.68. The molecule has 0 saturated carbocycles. The van der Waals surface area contributed by atoms with Gasteiger partial charge in [0.15, 0.2) is 0 Å². The Bertz CT molecular complexity index is 754. The molecule has 0 atom stereocenters. The van der Waals surface area contributed by atoms with Crippen molar-refractivity contribution in [3.8, 4) is 0 Å². The number of nitrogens with two attached hydrogens (primary N) is 1. The Hall–Kier alpha value is -2.50. The number of aromatic amines is 1. The van der Waals surface area contributed by atoms with Gasteiger partial charge in [0.1, 0.15) is 0 Å². The molecule has 0 unspecified atom stereocenters. The Morgan fingerprint density at radius 3 is 2.90 bits per heavy atom. The third kappa shape index (κ3) is 2.45. The number of hydrogen-bond acceptors (Lipinski definition) is 3. The minimum atomic E-state index is -0.0757. The summed E-state index contributed by atoms with van der Waals surface area (Å²) in [6.45, 7) is 1.63. The van der Waals surface area contributed by atoms with Gasteiger partial charge >= 0.3 is 5.69 Å². The van der Waals surface area contributed by atoms with Crippen molar-refractivity contribution in [2.75, 3.05) is 5.73 Å². The van der Waals surface area contributed by atoms with Gasteiger partial charge in [-0.15, -0.1) is 0 Å². The van der Waals surface area contributed by atoms with Crippen molar-refractivity contribution in [2.45, 2.75) is 25.9 Å². The van der Waals surface area contributed by atoms with E-state index >= 15 is 0 Å². The number of hydrogen-bond donors (Lipinski definition) is 2. The van der Waals surface area contributed by atoms with Crippen LogP contribution in [0.3, 0.4) is 0 Å². The molecular formula is C14H17N5O. The van der Waals surface area contributed by atoms with Gasteiger partial charge in [-0.05, 0) is 31.0 Å². The van der Waals surface area contributed by atoms with E-state index in [1.165, 1.54) is 0 Å². The summed E-state index contributed by atoms with van der Waals surface area (Å²) in [6, 6.07) is 5.49. The molecule has 0 amide bonds. The van der Waals surface area contributed by atoms with Crippen LogP contribution in [0.4, 0.5) is 5.69 Å². The number of benzene rings is 1. The molecule has 104 valence electrons. The first kappa shape index (κ1) is 12.5. The zero-order chi connectivity index (χ0) is 13.9. The molecule has 0 aliphatic carbocycles. The number of fused-ring (bicyclic) bond motifs is 1. The quantitative estimate of drug-likeness (QED) is 0.546. The second-order valence-electron chi connectivity index (χ2n) is 4.87. The number of aromatic nitrogens is 4. The van der Waals surface area contributed by atoms with Crippen LogP contribution >= 0.6 is 0 Å². The summed E-state index contributed by atoms with van der Waals surface area (Å²) in [5.74, 6) is 0. The highest BCUT2D eigenvalue weighted by Crippen LogP contribution is 2.14. The van der Waals surface area contributed by atoms with Crippen LogP contribution in [0, 0.1) is 0 Å². The van der Waals surface area contributed by atoms with Crippen molar-refractivity contribution in [1.82, 2.24) is 19.1 Å². The van der Waals surface area contributed by atoms with Crippen LogP contribution < -0.4 is 11.4 Å². The summed E-state index contributed by atoms with van der Waals surface area (Å²) >= 11 is 0. The molecule has 1 aromatic carbocycles. The Kier molecular flexibility index (Phi) is 3.28. The number of nitrogen functional groups attached to an aromatic ring is 1. The summed E-state index contributed by atoms with van der Waals surface area (Å²) in [5, 5.41) is 0. The van der Waals surface area contributed by atoms with E-state index in [1.807, 2.05) is 22.9 Å². The lowest BCUT2D eigenvalue weighted by molar-refractivity contribution is 0.552. The number of unbranched alkanes of at least 4 members (excludes halogenated alkanes) is 1. The van der Waals surface area contributed by atoms with Gasteiger partial charge in [0.25, 0.3) is 0 Å². The summed E-state index contributed by atoms with van der Waals surface area (Å²) in [6.07, 6.45) is 7.47. The number of nitrogens with one attached hydrogen (secondary N) is 1. The minimum Gasteiger partial charge on any atom is -0.399 e. The lowest BCUT2D eigenvalue weighted by Crippen LogP contribution is -2.16. The molecular weight excluding hydrogens is 254 g/mol. The maximum absolute atomic E-state index is 11.9. The molecule has 6 heteroatoms. The molecule has 0 radical (unpaired) electrons. The minimum absolute atomic E-state index is 0.0757. The maximum atomic E-state index is 11.9. The van der Waals surface area contributed by atoms with Gasteiger partial charge in [-0.3, -0.25) is 4.57 Å². The average molecular weight is 271 g/mol. The number of imidazole rings is 2. The lowest BCUT2D eigenvalue weighted by atomic mass is 10.2. The van der Waals surface area contributed by atoms with Crippen molar-refractivity contribution in [3.05, 3.63) is 47.4 Å². The smallest absolute Gasteiger partial charge is 0.326 e. The zero-order valence-electron chi connectivity index (χ0n) is 11.1. The normalized spacial score (nSPS) is 11.2. The Morgan fingerprint density at radius 1 is 1.25 bits per heavy atom. The topological polar surface area (TPSA) is 81.6 Å². The molecule has 2 heterocycles. The fourth-order valence-electron chi connectivity index (χ4n) is 2.39. The second kappa shape index (κ2) is 5.24. The molecule has 0 fully saturated rings. The number of rotatable bonds is 5. The highest BCUT2D eigenvalue weighted by atomic mass is 16.1. The molecule has 0 aliphatic heterocycles. The molecule has 0 bridgehead atoms. The summed E-state index contributed by atoms with van der Waals surface area (Å²) in [7, 11) is 0. The van der Waals surface area contributed by atoms with Crippen molar-refractivity contribution in [3.63, 3.8) is 0 Å². The summed E-state index contributed by atoms with van der Waals surface area (Å²) in [4.78, 5) is 18.8. The van der Waals surface area contributed by atoms with E-state index < -0.39 is 0 Å². The molecule has 20 heavy (non-hydrogen) atoms. The van der Waals surface area contributed by atoms with Crippen molar-refractivity contribution in [1.29, 1.82) is 0 Å². The number of nitrogens with zero attached hydrogens (tertiary/aromatic N) is 3. The molecule has 0 aliphatic rings. The average Bonchev–Trinajstić information content (AvgIpc) is 3.02. The van der Waals surface area contributed by atoms with E-state index in [2.05, 4.69) is 9.97 Å². The standard InChI is InChI=1S/C14H17N5O/c15-11-3-4-13-12(9-11)17-14(20)19(13)7-2-1-6-18-8-5-16-10-18/h3-5,8-10H,1-2,6-7,15H2,(H,17,20). The summed E-state index contributed by atoms with van der Waals surface area (Å²) in [5.41, 5.74) is 8.01. The molecule has 3 aromatic rings. The van der Waals surface area contributed by atoms with E-state index in [-0.39, 0.29) is 5.69 Å². The SMILES string of the molecule is Nc1ccc2c(c1)[nH]c(=O)n2CCCCn1ccnc1. The molecule has 3 N–H and O–H groups in total. The third-order valence-corrected chi connectivity index (χ3v) is 3.41. The van der Waals surface area contributed by atoms with Gasteiger partial charge in [-0.1, -0.05) is 0 Å². The van der Waals surface area contributed by atoms with Gasteiger partial charge in [-0.25, -0.2) is 9.78 Å². The van der Waals surface area contributed by atoms with Crippen molar-refractivity contribution < 1.29 is 0 Å². The number of aryl methyl sites for hydroxylation is 2. The maximum Gasteiger partial charge on any atom is 0.326 e. The Morgan fingerprint density at radius 2 is 2.10 bits per heavy atom.